The van der Waals surface area contributed by atoms with Crippen molar-refractivity contribution in [2.75, 3.05) is 14.2 Å². The summed E-state index contributed by atoms with van der Waals surface area (Å²) >= 11 is 1.52. The molecule has 8 heteroatoms. The zero-order valence-electron chi connectivity index (χ0n) is 21.3. The number of nitrogens with zero attached hydrogens (tertiary/aromatic N) is 4. The van der Waals surface area contributed by atoms with Crippen molar-refractivity contribution >= 4 is 22.7 Å². The first-order valence-electron chi connectivity index (χ1n) is 11.8. The second kappa shape index (κ2) is 9.86. The fourth-order valence-electron chi connectivity index (χ4n) is 4.03. The summed E-state index contributed by atoms with van der Waals surface area (Å²) in [6, 6.07) is 20.6. The molecule has 0 saturated heterocycles. The normalized spacial score (nSPS) is 11.6. The van der Waals surface area contributed by atoms with Crippen LogP contribution in [0.15, 0.2) is 83.0 Å². The quantitative estimate of drug-likeness (QED) is 0.226. The minimum Gasteiger partial charge on any atom is -0.493 e. The van der Waals surface area contributed by atoms with E-state index in [1.165, 1.54) is 17.8 Å². The van der Waals surface area contributed by atoms with Crippen LogP contribution < -0.4 is 9.47 Å². The summed E-state index contributed by atoms with van der Waals surface area (Å²) in [4.78, 5) is 9.92. The molecule has 0 radical (unpaired) electrons. The molecule has 2 aromatic heterocycles. The Morgan fingerprint density at radius 1 is 0.865 bits per heavy atom. The first-order chi connectivity index (χ1) is 17.8. The fraction of sp³-hybridized carbons (Fsp3) is 0.207. The van der Waals surface area contributed by atoms with Gasteiger partial charge in [-0.3, -0.25) is 0 Å². The zero-order chi connectivity index (χ0) is 26.2. The van der Waals surface area contributed by atoms with Gasteiger partial charge in [-0.05, 0) is 36.4 Å². The minimum absolute atomic E-state index is 0.197. The Hall–Kier alpha value is -3.91. The molecule has 188 valence electrons. The second-order valence-corrected chi connectivity index (χ2v) is 10.6. The van der Waals surface area contributed by atoms with Crippen molar-refractivity contribution in [3.05, 3.63) is 84.6 Å². The molecule has 6 nitrogen and oxygen atoms in total. The molecule has 0 aliphatic carbocycles. The molecule has 5 aromatic rings. The third-order valence-corrected chi connectivity index (χ3v) is 7.02. The summed E-state index contributed by atoms with van der Waals surface area (Å²) in [5.41, 5.74) is 3.60. The molecule has 0 bridgehead atoms. The van der Waals surface area contributed by atoms with E-state index in [2.05, 4.69) is 36.8 Å². The second-order valence-electron chi connectivity index (χ2n) is 9.56. The number of halogens is 1. The Bertz CT molecular complexity index is 1590. The van der Waals surface area contributed by atoms with E-state index in [1.54, 1.807) is 37.4 Å². The maximum absolute atomic E-state index is 14.8. The predicted octanol–water partition coefficient (Wildman–Crippen LogP) is 7.09. The molecular weight excluding hydrogens is 487 g/mol. The zero-order valence-corrected chi connectivity index (χ0v) is 22.1. The maximum atomic E-state index is 14.8. The molecule has 0 unspecified atom stereocenters. The third-order valence-electron chi connectivity index (χ3n) is 6.01. The number of hydrogen-bond donors (Lipinski definition) is 0. The van der Waals surface area contributed by atoms with Gasteiger partial charge in [0.1, 0.15) is 22.9 Å². The molecule has 5 rings (SSSR count). The van der Waals surface area contributed by atoms with Crippen LogP contribution >= 0.6 is 11.8 Å². The van der Waals surface area contributed by atoms with Gasteiger partial charge in [-0.25, -0.2) is 19.0 Å². The molecular formula is C29H27FN4O2S. The largest absolute Gasteiger partial charge is 0.493 e. The van der Waals surface area contributed by atoms with E-state index in [0.717, 1.165) is 37.8 Å². The van der Waals surface area contributed by atoms with E-state index in [-0.39, 0.29) is 11.2 Å². The molecule has 3 aromatic carbocycles. The highest BCUT2D eigenvalue weighted by atomic mass is 32.2. The Morgan fingerprint density at radius 2 is 1.62 bits per heavy atom. The van der Waals surface area contributed by atoms with Crippen LogP contribution in [0.2, 0.25) is 0 Å². The van der Waals surface area contributed by atoms with E-state index in [9.17, 15) is 4.39 Å². The van der Waals surface area contributed by atoms with E-state index in [1.807, 2.05) is 42.5 Å². The van der Waals surface area contributed by atoms with Crippen LogP contribution in [0.3, 0.4) is 0 Å². The van der Waals surface area contributed by atoms with Crippen molar-refractivity contribution in [1.29, 1.82) is 0 Å². The highest BCUT2D eigenvalue weighted by Crippen LogP contribution is 2.38. The fourth-order valence-corrected chi connectivity index (χ4v) is 4.96. The summed E-state index contributed by atoms with van der Waals surface area (Å²) < 4.78 is 27.4. The lowest BCUT2D eigenvalue weighted by molar-refractivity contribution is 0.355. The smallest absolute Gasteiger partial charge is 0.162 e. The highest BCUT2D eigenvalue weighted by Gasteiger charge is 2.22. The lowest BCUT2D eigenvalue weighted by atomic mass is 9.92. The summed E-state index contributed by atoms with van der Waals surface area (Å²) in [7, 11) is 3.21. The molecule has 37 heavy (non-hydrogen) atoms. The van der Waals surface area contributed by atoms with Crippen LogP contribution in [0.5, 0.6) is 11.5 Å². The number of para-hydroxylation sites is 1. The minimum atomic E-state index is -0.324. The Labute approximate surface area is 219 Å². The molecule has 0 fully saturated rings. The lowest BCUT2D eigenvalue weighted by Gasteiger charge is -2.14. The van der Waals surface area contributed by atoms with Gasteiger partial charge in [-0.15, -0.1) is 0 Å². The van der Waals surface area contributed by atoms with Gasteiger partial charge in [0.05, 0.1) is 31.1 Å². The first-order valence-corrected chi connectivity index (χ1v) is 12.6. The van der Waals surface area contributed by atoms with E-state index < -0.39 is 0 Å². The SMILES string of the molecule is COc1cc2ncnc(Sc3cccc(-c4cc(C(C)(C)C)nn4-c4ccccc4F)c3)c2cc1OC. The molecule has 2 heterocycles. The Morgan fingerprint density at radius 3 is 2.35 bits per heavy atom. The number of methoxy groups -OCH3 is 2. The van der Waals surface area contributed by atoms with Crippen molar-refractivity contribution in [2.45, 2.75) is 36.1 Å². The van der Waals surface area contributed by atoms with Crippen LogP contribution in [0.1, 0.15) is 26.5 Å². The van der Waals surface area contributed by atoms with Gasteiger partial charge >= 0.3 is 0 Å². The monoisotopic (exact) mass is 514 g/mol. The standard InChI is InChI=1S/C29H27FN4O2S/c1-29(2,3)27-16-24(34(33-27)23-12-7-6-11-21(23)30)18-9-8-10-19(13-18)37-28-20-14-25(35-4)26(36-5)15-22(20)31-17-32-28/h6-17H,1-5H3. The summed E-state index contributed by atoms with van der Waals surface area (Å²) in [5, 5.41) is 6.46. The molecule has 0 aliphatic heterocycles. The van der Waals surface area contributed by atoms with Gasteiger partial charge in [0.15, 0.2) is 11.5 Å². The highest BCUT2D eigenvalue weighted by molar-refractivity contribution is 7.99. The number of rotatable bonds is 6. The molecule has 0 spiro atoms. The number of ether oxygens (including phenoxy) is 2. The van der Waals surface area contributed by atoms with Crippen LogP contribution in [0.25, 0.3) is 27.8 Å². The van der Waals surface area contributed by atoms with Gasteiger partial charge in [-0.1, -0.05) is 56.8 Å². The molecule has 0 N–H and O–H groups in total. The average Bonchev–Trinajstić information content (AvgIpc) is 3.35. The Balaban J connectivity index is 1.59. The molecule has 0 amide bonds. The average molecular weight is 515 g/mol. The number of fused-ring (bicyclic) bond motifs is 1. The van der Waals surface area contributed by atoms with E-state index in [4.69, 9.17) is 14.6 Å². The molecule has 0 aliphatic rings. The summed E-state index contributed by atoms with van der Waals surface area (Å²) in [5.74, 6) is 0.904. The van der Waals surface area contributed by atoms with E-state index >= 15 is 0 Å². The van der Waals surface area contributed by atoms with Gasteiger partial charge in [0, 0.05) is 27.3 Å². The molecule has 0 atom stereocenters. The summed E-state index contributed by atoms with van der Waals surface area (Å²) in [6.45, 7) is 6.29. The maximum Gasteiger partial charge on any atom is 0.162 e. The van der Waals surface area contributed by atoms with Crippen molar-refractivity contribution in [3.63, 3.8) is 0 Å². The third kappa shape index (κ3) is 4.89. The number of hydrogen-bond acceptors (Lipinski definition) is 6. The van der Waals surface area contributed by atoms with Crippen molar-refractivity contribution in [1.82, 2.24) is 19.7 Å². The molecule has 0 saturated carbocycles. The Kier molecular flexibility index (Phi) is 6.60. The lowest BCUT2D eigenvalue weighted by Crippen LogP contribution is -2.12. The van der Waals surface area contributed by atoms with Gasteiger partial charge in [-0.2, -0.15) is 5.10 Å². The predicted molar refractivity (Wildman–Crippen MR) is 144 cm³/mol. The van der Waals surface area contributed by atoms with Gasteiger partial charge in [0.2, 0.25) is 0 Å². The number of aromatic nitrogens is 4. The van der Waals surface area contributed by atoms with E-state index in [0.29, 0.717) is 17.2 Å². The van der Waals surface area contributed by atoms with Crippen molar-refractivity contribution < 1.29 is 13.9 Å². The van der Waals surface area contributed by atoms with Gasteiger partial charge in [0.25, 0.3) is 0 Å². The van der Waals surface area contributed by atoms with Crippen molar-refractivity contribution in [2.24, 2.45) is 0 Å². The van der Waals surface area contributed by atoms with Crippen LogP contribution in [0.4, 0.5) is 4.39 Å². The van der Waals surface area contributed by atoms with Crippen LogP contribution in [-0.4, -0.2) is 34.0 Å². The summed E-state index contributed by atoms with van der Waals surface area (Å²) in [6.07, 6.45) is 1.54. The van der Waals surface area contributed by atoms with Gasteiger partial charge < -0.3 is 9.47 Å². The van der Waals surface area contributed by atoms with Crippen molar-refractivity contribution in [3.8, 4) is 28.4 Å². The van der Waals surface area contributed by atoms with Crippen LogP contribution in [0, 0.1) is 5.82 Å². The first kappa shape index (κ1) is 24.8. The van der Waals surface area contributed by atoms with Crippen LogP contribution in [-0.2, 0) is 5.41 Å². The topological polar surface area (TPSA) is 62.1 Å². The number of benzene rings is 3.